The van der Waals surface area contributed by atoms with Crippen LogP contribution >= 0.6 is 11.3 Å². The first-order valence-electron chi connectivity index (χ1n) is 7.58. The molecule has 1 unspecified atom stereocenters. The number of thiophene rings is 1. The molecule has 1 aromatic heterocycles. The minimum atomic E-state index is -4.41. The number of rotatable bonds is 7. The highest BCUT2D eigenvalue weighted by Gasteiger charge is 2.31. The van der Waals surface area contributed by atoms with Gasteiger partial charge in [-0.1, -0.05) is 6.92 Å². The summed E-state index contributed by atoms with van der Waals surface area (Å²) in [7, 11) is 1.12. The first kappa shape index (κ1) is 20.3. The third kappa shape index (κ3) is 7.67. The fourth-order valence-electron chi connectivity index (χ4n) is 1.89. The van der Waals surface area contributed by atoms with Crippen molar-refractivity contribution < 1.29 is 18.0 Å². The Kier molecular flexibility index (Phi) is 8.03. The summed E-state index contributed by atoms with van der Waals surface area (Å²) in [6.07, 6.45) is -4.41. The first-order chi connectivity index (χ1) is 11.2. The number of aliphatic imine (C=N–C) groups is 1. The molecule has 0 saturated heterocycles. The number of guanidine groups is 1. The van der Waals surface area contributed by atoms with Crippen molar-refractivity contribution in [1.29, 1.82) is 0 Å². The molecule has 1 aromatic rings. The van der Waals surface area contributed by atoms with Gasteiger partial charge in [0.05, 0.1) is 0 Å². The number of carbonyl (C=O) groups excluding carboxylic acids is 1. The summed E-state index contributed by atoms with van der Waals surface area (Å²) in [5, 5.41) is 10.1. The average Bonchev–Trinajstić information content (AvgIpc) is 3.02. The molecule has 5 nitrogen and oxygen atoms in total. The van der Waals surface area contributed by atoms with Crippen LogP contribution in [0.3, 0.4) is 0 Å². The predicted molar refractivity (Wildman–Crippen MR) is 90.4 cm³/mol. The van der Waals surface area contributed by atoms with Gasteiger partial charge in [0.15, 0.2) is 5.96 Å². The smallest absolute Gasteiger partial charge is 0.357 e. The van der Waals surface area contributed by atoms with Crippen molar-refractivity contribution in [3.63, 3.8) is 0 Å². The molecule has 0 aliphatic rings. The number of hydrogen-bond donors (Lipinski definition) is 2. The molecule has 9 heteroatoms. The lowest BCUT2D eigenvalue weighted by atomic mass is 10.1. The van der Waals surface area contributed by atoms with Gasteiger partial charge in [0, 0.05) is 20.1 Å². The van der Waals surface area contributed by atoms with Crippen LogP contribution in [0, 0.1) is 0 Å². The van der Waals surface area contributed by atoms with Crippen molar-refractivity contribution in [3.05, 3.63) is 22.4 Å². The van der Waals surface area contributed by atoms with Gasteiger partial charge in [0.1, 0.15) is 13.1 Å². The molecule has 0 fully saturated rings. The maximum absolute atomic E-state index is 12.3. The molecule has 1 rings (SSSR count). The zero-order chi connectivity index (χ0) is 18.2. The van der Waals surface area contributed by atoms with Crippen molar-refractivity contribution in [2.24, 2.45) is 4.99 Å². The van der Waals surface area contributed by atoms with Crippen molar-refractivity contribution in [3.8, 4) is 0 Å². The highest BCUT2D eigenvalue weighted by molar-refractivity contribution is 7.07. The Labute approximate surface area is 143 Å². The molecule has 0 radical (unpaired) electrons. The van der Waals surface area contributed by atoms with E-state index in [1.165, 1.54) is 5.56 Å². The van der Waals surface area contributed by atoms with E-state index in [1.807, 2.05) is 18.4 Å². The molecule has 0 saturated carbocycles. The summed E-state index contributed by atoms with van der Waals surface area (Å²) in [4.78, 5) is 16.4. The Morgan fingerprint density at radius 1 is 1.42 bits per heavy atom. The molecule has 0 bridgehead atoms. The summed E-state index contributed by atoms with van der Waals surface area (Å²) in [5.74, 6) is -0.0209. The van der Waals surface area contributed by atoms with Gasteiger partial charge in [-0.25, -0.2) is 4.99 Å². The molecule has 0 spiro atoms. The van der Waals surface area contributed by atoms with E-state index in [-0.39, 0.29) is 12.5 Å². The Hall–Kier alpha value is -1.77. The number of alkyl halides is 3. The lowest BCUT2D eigenvalue weighted by molar-refractivity contribution is -0.157. The lowest BCUT2D eigenvalue weighted by Gasteiger charge is -2.19. The minimum Gasteiger partial charge on any atom is -0.357 e. The topological polar surface area (TPSA) is 56.7 Å². The Morgan fingerprint density at radius 2 is 2.12 bits per heavy atom. The van der Waals surface area contributed by atoms with Gasteiger partial charge in [-0.05, 0) is 35.2 Å². The third-order valence-electron chi connectivity index (χ3n) is 3.25. The molecule has 1 amide bonds. The monoisotopic (exact) mass is 364 g/mol. The van der Waals surface area contributed by atoms with Gasteiger partial charge in [-0.2, -0.15) is 24.5 Å². The molecular formula is C15H23F3N4OS. The van der Waals surface area contributed by atoms with E-state index in [4.69, 9.17) is 0 Å². The van der Waals surface area contributed by atoms with E-state index in [1.54, 1.807) is 11.3 Å². The van der Waals surface area contributed by atoms with Crippen LogP contribution in [0.5, 0.6) is 0 Å². The Morgan fingerprint density at radius 3 is 2.67 bits per heavy atom. The fourth-order valence-corrected chi connectivity index (χ4v) is 2.67. The number of amides is 1. The van der Waals surface area contributed by atoms with Crippen LogP contribution in [0.1, 0.15) is 25.3 Å². The zero-order valence-corrected chi connectivity index (χ0v) is 14.8. The molecular weight excluding hydrogens is 341 g/mol. The van der Waals surface area contributed by atoms with Crippen LogP contribution in [0.2, 0.25) is 0 Å². The molecule has 24 heavy (non-hydrogen) atoms. The van der Waals surface area contributed by atoms with Crippen molar-refractivity contribution in [2.45, 2.75) is 25.9 Å². The van der Waals surface area contributed by atoms with Crippen LogP contribution in [0.4, 0.5) is 13.2 Å². The largest absolute Gasteiger partial charge is 0.406 e. The van der Waals surface area contributed by atoms with E-state index in [2.05, 4.69) is 27.9 Å². The van der Waals surface area contributed by atoms with Gasteiger partial charge < -0.3 is 15.5 Å². The number of nitrogens with zero attached hydrogens (tertiary/aromatic N) is 2. The van der Waals surface area contributed by atoms with Crippen molar-refractivity contribution in [2.75, 3.05) is 33.2 Å². The van der Waals surface area contributed by atoms with Gasteiger partial charge in [0.2, 0.25) is 5.91 Å². The van der Waals surface area contributed by atoms with Crippen LogP contribution in [0.25, 0.3) is 0 Å². The maximum atomic E-state index is 12.3. The lowest BCUT2D eigenvalue weighted by Crippen LogP contribution is -2.41. The Balaban J connectivity index is 2.54. The van der Waals surface area contributed by atoms with Gasteiger partial charge >= 0.3 is 6.18 Å². The minimum absolute atomic E-state index is 0.253. The molecule has 2 N–H and O–H groups in total. The summed E-state index contributed by atoms with van der Waals surface area (Å²) in [6, 6.07) is 2.04. The van der Waals surface area contributed by atoms with Crippen molar-refractivity contribution in [1.82, 2.24) is 15.5 Å². The number of halogens is 3. The van der Waals surface area contributed by atoms with E-state index in [9.17, 15) is 18.0 Å². The predicted octanol–water partition coefficient (Wildman–Crippen LogP) is 2.43. The molecule has 1 heterocycles. The number of carbonyl (C=O) groups is 1. The summed E-state index contributed by atoms with van der Waals surface area (Å²) in [6.45, 7) is 3.51. The van der Waals surface area contributed by atoms with Gasteiger partial charge in [-0.15, -0.1) is 0 Å². The Bertz CT molecular complexity index is 531. The summed E-state index contributed by atoms with van der Waals surface area (Å²) in [5.41, 5.74) is 1.20. The highest BCUT2D eigenvalue weighted by atomic mass is 32.1. The third-order valence-corrected chi connectivity index (χ3v) is 3.95. The van der Waals surface area contributed by atoms with Crippen molar-refractivity contribution >= 4 is 23.2 Å². The molecule has 0 aliphatic heterocycles. The van der Waals surface area contributed by atoms with E-state index < -0.39 is 18.6 Å². The fraction of sp³-hybridized carbons (Fsp3) is 0.600. The second-order valence-electron chi connectivity index (χ2n) is 5.40. The van der Waals surface area contributed by atoms with Gasteiger partial charge in [0.25, 0.3) is 0 Å². The maximum Gasteiger partial charge on any atom is 0.406 e. The normalized spacial score (nSPS) is 13.5. The van der Waals surface area contributed by atoms with E-state index in [0.717, 1.165) is 7.05 Å². The number of hydrogen-bond acceptors (Lipinski definition) is 3. The highest BCUT2D eigenvalue weighted by Crippen LogP contribution is 2.17. The van der Waals surface area contributed by atoms with E-state index >= 15 is 0 Å². The molecule has 0 aliphatic carbocycles. The van der Waals surface area contributed by atoms with Crippen LogP contribution in [0.15, 0.2) is 21.8 Å². The second-order valence-corrected chi connectivity index (χ2v) is 6.18. The molecule has 136 valence electrons. The quantitative estimate of drug-likeness (QED) is 0.577. The molecule has 1 atom stereocenters. The SMILES string of the molecule is CCNC(=NCC(=O)N(C)CC(F)(F)F)NCC(C)c1ccsc1. The number of nitrogens with one attached hydrogen (secondary N) is 2. The van der Waals surface area contributed by atoms with Gasteiger partial charge in [-0.3, -0.25) is 4.79 Å². The van der Waals surface area contributed by atoms with Crippen LogP contribution in [-0.4, -0.2) is 56.2 Å². The first-order valence-corrected chi connectivity index (χ1v) is 8.52. The van der Waals surface area contributed by atoms with Crippen LogP contribution < -0.4 is 10.6 Å². The summed E-state index contributed by atoms with van der Waals surface area (Å²) < 4.78 is 36.8. The molecule has 0 aromatic carbocycles. The standard InChI is InChI=1S/C15H23F3N4OS/c1-4-19-14(20-7-11(2)12-5-6-24-9-12)21-8-13(23)22(3)10-15(16,17)18/h5-6,9,11H,4,7-8,10H2,1-3H3,(H2,19,20,21). The average molecular weight is 364 g/mol. The number of likely N-dealkylation sites (N-methyl/N-ethyl adjacent to an activating group) is 1. The van der Waals surface area contributed by atoms with Crippen LogP contribution in [-0.2, 0) is 4.79 Å². The zero-order valence-electron chi connectivity index (χ0n) is 14.0. The second kappa shape index (κ2) is 9.51. The van der Waals surface area contributed by atoms with E-state index in [0.29, 0.717) is 23.9 Å². The summed E-state index contributed by atoms with van der Waals surface area (Å²) >= 11 is 1.62.